The zero-order valence-electron chi connectivity index (χ0n) is 25.7. The van der Waals surface area contributed by atoms with Gasteiger partial charge in [0.2, 0.25) is 5.43 Å². The number of benzene rings is 3. The lowest BCUT2D eigenvalue weighted by molar-refractivity contribution is 0.0948. The third-order valence-corrected chi connectivity index (χ3v) is 8.91. The predicted molar refractivity (Wildman–Crippen MR) is 174 cm³/mol. The highest BCUT2D eigenvalue weighted by Crippen LogP contribution is 2.49. The SMILES string of the molecule is CN(C)CCCCNc1c(F)cc2c(=O)c(C(=O)NCCN3CCCC3)cn3c2c1Oc1cc2c(cc1-3)-c1ccccc1CO2. The average Bonchev–Trinajstić information content (AvgIpc) is 3.55. The van der Waals surface area contributed by atoms with Crippen LogP contribution in [0.25, 0.3) is 27.7 Å². The molecule has 1 fully saturated rings. The van der Waals surface area contributed by atoms with Crippen LogP contribution in [0.4, 0.5) is 10.1 Å². The van der Waals surface area contributed by atoms with Gasteiger partial charge >= 0.3 is 0 Å². The first-order chi connectivity index (χ1) is 21.9. The van der Waals surface area contributed by atoms with Crippen molar-refractivity contribution in [3.63, 3.8) is 0 Å². The van der Waals surface area contributed by atoms with E-state index in [1.807, 2.05) is 44.4 Å². The first-order valence-corrected chi connectivity index (χ1v) is 15.8. The molecule has 234 valence electrons. The van der Waals surface area contributed by atoms with Gasteiger partial charge in [-0.1, -0.05) is 24.3 Å². The maximum absolute atomic E-state index is 15.8. The highest BCUT2D eigenvalue weighted by Gasteiger charge is 2.31. The molecule has 10 heteroatoms. The van der Waals surface area contributed by atoms with E-state index < -0.39 is 17.2 Å². The molecule has 0 radical (unpaired) electrons. The summed E-state index contributed by atoms with van der Waals surface area (Å²) in [6, 6.07) is 13.1. The molecule has 4 heterocycles. The molecule has 9 nitrogen and oxygen atoms in total. The van der Waals surface area contributed by atoms with E-state index in [2.05, 4.69) is 26.5 Å². The molecule has 0 unspecified atom stereocenters. The van der Waals surface area contributed by atoms with Crippen LogP contribution >= 0.6 is 0 Å². The van der Waals surface area contributed by atoms with Crippen LogP contribution in [0.3, 0.4) is 0 Å². The van der Waals surface area contributed by atoms with Gasteiger partial charge in [0.15, 0.2) is 17.3 Å². The number of nitrogens with one attached hydrogen (secondary N) is 2. The molecule has 1 amide bonds. The van der Waals surface area contributed by atoms with Crippen LogP contribution in [0.1, 0.15) is 41.6 Å². The van der Waals surface area contributed by atoms with Gasteiger partial charge in [0.05, 0.1) is 11.1 Å². The number of ether oxygens (including phenoxy) is 2. The van der Waals surface area contributed by atoms with Crippen molar-refractivity contribution in [2.45, 2.75) is 32.3 Å². The summed E-state index contributed by atoms with van der Waals surface area (Å²) in [5.74, 6) is 0.246. The van der Waals surface area contributed by atoms with E-state index in [1.165, 1.54) is 6.07 Å². The van der Waals surface area contributed by atoms with Crippen molar-refractivity contribution in [3.05, 3.63) is 75.8 Å². The lowest BCUT2D eigenvalue weighted by atomic mass is 9.95. The first-order valence-electron chi connectivity index (χ1n) is 15.8. The van der Waals surface area contributed by atoms with E-state index in [1.54, 1.807) is 10.8 Å². The van der Waals surface area contributed by atoms with Crippen LogP contribution in [0.5, 0.6) is 17.2 Å². The maximum atomic E-state index is 15.8. The quantitative estimate of drug-likeness (QED) is 0.205. The Labute approximate surface area is 261 Å². The van der Waals surface area contributed by atoms with E-state index in [-0.39, 0.29) is 22.4 Å². The molecule has 7 rings (SSSR count). The number of likely N-dealkylation sites (tertiary alicyclic amines) is 1. The first kappa shape index (κ1) is 29.3. The molecule has 0 saturated carbocycles. The Kier molecular flexibility index (Phi) is 7.93. The lowest BCUT2D eigenvalue weighted by Gasteiger charge is -2.29. The van der Waals surface area contributed by atoms with Gasteiger partial charge in [0.1, 0.15) is 29.1 Å². The zero-order valence-corrected chi connectivity index (χ0v) is 25.7. The van der Waals surface area contributed by atoms with Gasteiger partial charge in [-0.05, 0) is 82.7 Å². The third-order valence-electron chi connectivity index (χ3n) is 8.91. The van der Waals surface area contributed by atoms with E-state index in [4.69, 9.17) is 9.47 Å². The molecule has 0 atom stereocenters. The number of unbranched alkanes of at least 4 members (excludes halogenated alkanes) is 1. The predicted octanol–water partition coefficient (Wildman–Crippen LogP) is 5.37. The van der Waals surface area contributed by atoms with Gasteiger partial charge in [-0.15, -0.1) is 0 Å². The summed E-state index contributed by atoms with van der Waals surface area (Å²) in [4.78, 5) is 31.7. The number of rotatable bonds is 10. The Morgan fingerprint density at radius 1 is 1.02 bits per heavy atom. The second kappa shape index (κ2) is 12.2. The fourth-order valence-corrected chi connectivity index (χ4v) is 6.56. The molecule has 3 aliphatic rings. The van der Waals surface area contributed by atoms with Gasteiger partial charge < -0.3 is 34.5 Å². The van der Waals surface area contributed by atoms with E-state index in [0.717, 1.165) is 68.6 Å². The number of hydrogen-bond donors (Lipinski definition) is 2. The number of anilines is 1. The summed E-state index contributed by atoms with van der Waals surface area (Å²) >= 11 is 0. The second-order valence-electron chi connectivity index (χ2n) is 12.3. The molecule has 4 aromatic rings. The van der Waals surface area contributed by atoms with Crippen LogP contribution in [0.2, 0.25) is 0 Å². The third kappa shape index (κ3) is 5.53. The number of halogens is 1. The summed E-state index contributed by atoms with van der Waals surface area (Å²) in [6.45, 7) is 5.06. The number of amides is 1. The van der Waals surface area contributed by atoms with Crippen molar-refractivity contribution in [1.29, 1.82) is 0 Å². The zero-order chi connectivity index (χ0) is 31.1. The summed E-state index contributed by atoms with van der Waals surface area (Å²) in [5, 5.41) is 6.24. The standard InChI is InChI=1S/C35H38FN5O4/c1-39(2)13-6-5-11-37-31-27(36)17-25-32-34(31)45-30-19-29-24(23-10-4-3-9-22(23)21-44-29)18-28(30)41(32)20-26(33(25)42)35(43)38-12-16-40-14-7-8-15-40/h3-4,9-10,17-20,37H,5-8,11-16,21H2,1-2H3,(H,38,43). The van der Waals surface area contributed by atoms with Crippen molar-refractivity contribution >= 4 is 22.5 Å². The maximum Gasteiger partial charge on any atom is 0.256 e. The van der Waals surface area contributed by atoms with Crippen LogP contribution < -0.4 is 25.5 Å². The molecule has 45 heavy (non-hydrogen) atoms. The number of carbonyl (C=O) groups is 1. The Hall–Kier alpha value is -4.41. The molecular weight excluding hydrogens is 573 g/mol. The monoisotopic (exact) mass is 611 g/mol. The van der Waals surface area contributed by atoms with Gasteiger partial charge in [0, 0.05) is 37.5 Å². The fourth-order valence-electron chi connectivity index (χ4n) is 6.56. The molecular formula is C35H38FN5O4. The number of carbonyl (C=O) groups excluding carboxylic acids is 1. The Morgan fingerprint density at radius 2 is 1.84 bits per heavy atom. The van der Waals surface area contributed by atoms with Gasteiger partial charge in [-0.2, -0.15) is 0 Å². The van der Waals surface area contributed by atoms with Gasteiger partial charge in [-0.25, -0.2) is 4.39 Å². The van der Waals surface area contributed by atoms with Gasteiger partial charge in [0.25, 0.3) is 5.91 Å². The van der Waals surface area contributed by atoms with Crippen molar-refractivity contribution in [1.82, 2.24) is 19.7 Å². The van der Waals surface area contributed by atoms with Gasteiger partial charge in [-0.3, -0.25) is 9.59 Å². The van der Waals surface area contributed by atoms with Crippen molar-refractivity contribution < 1.29 is 18.7 Å². The Balaban J connectivity index is 1.32. The molecule has 2 N–H and O–H groups in total. The minimum absolute atomic E-state index is 0.0408. The fraction of sp³-hybridized carbons (Fsp3) is 0.371. The average molecular weight is 612 g/mol. The van der Waals surface area contributed by atoms with Crippen molar-refractivity contribution in [3.8, 4) is 34.1 Å². The highest BCUT2D eigenvalue weighted by molar-refractivity contribution is 6.01. The molecule has 0 aliphatic carbocycles. The number of hydrogen-bond acceptors (Lipinski definition) is 7. The van der Waals surface area contributed by atoms with Crippen LogP contribution in [0.15, 0.2) is 53.5 Å². The van der Waals surface area contributed by atoms with Crippen LogP contribution in [-0.2, 0) is 6.61 Å². The largest absolute Gasteiger partial charge is 0.488 e. The number of fused-ring (bicyclic) bond motifs is 5. The molecule has 3 aromatic carbocycles. The minimum Gasteiger partial charge on any atom is -0.488 e. The van der Waals surface area contributed by atoms with Crippen LogP contribution in [-0.4, -0.2) is 73.6 Å². The number of pyridine rings is 1. The molecule has 1 aromatic heterocycles. The van der Waals surface area contributed by atoms with Crippen molar-refractivity contribution in [2.75, 3.05) is 58.7 Å². The summed E-state index contributed by atoms with van der Waals surface area (Å²) in [6.07, 6.45) is 5.66. The summed E-state index contributed by atoms with van der Waals surface area (Å²) in [5.41, 5.74) is 3.67. The molecule has 3 aliphatic heterocycles. The lowest BCUT2D eigenvalue weighted by Crippen LogP contribution is -2.36. The smallest absolute Gasteiger partial charge is 0.256 e. The Morgan fingerprint density at radius 3 is 2.67 bits per heavy atom. The number of nitrogens with zero attached hydrogens (tertiary/aromatic N) is 3. The van der Waals surface area contributed by atoms with Crippen LogP contribution in [0, 0.1) is 5.82 Å². The molecule has 0 spiro atoms. The van der Waals surface area contributed by atoms with Crippen molar-refractivity contribution in [2.24, 2.45) is 0 Å². The van der Waals surface area contributed by atoms with E-state index in [0.29, 0.717) is 42.4 Å². The minimum atomic E-state index is -0.605. The summed E-state index contributed by atoms with van der Waals surface area (Å²) < 4.78 is 30.2. The molecule has 0 bridgehead atoms. The topological polar surface area (TPSA) is 88.1 Å². The summed E-state index contributed by atoms with van der Waals surface area (Å²) in [7, 11) is 4.04. The molecule has 1 saturated heterocycles. The second-order valence-corrected chi connectivity index (χ2v) is 12.3. The normalized spacial score (nSPS) is 14.8. The van der Waals surface area contributed by atoms with E-state index in [9.17, 15) is 9.59 Å². The number of aromatic nitrogens is 1. The van der Waals surface area contributed by atoms with E-state index >= 15 is 4.39 Å². The Bertz CT molecular complexity index is 1850. The highest BCUT2D eigenvalue weighted by atomic mass is 19.1.